The molecule has 19 heavy (non-hydrogen) atoms. The molecule has 0 aromatic carbocycles. The van der Waals surface area contributed by atoms with E-state index in [0.717, 1.165) is 24.7 Å². The Hall–Kier alpha value is -0.570. The zero-order valence-corrected chi connectivity index (χ0v) is 12.2. The van der Waals surface area contributed by atoms with Crippen LogP contribution in [0.1, 0.15) is 58.8 Å². The van der Waals surface area contributed by atoms with Crippen molar-refractivity contribution in [1.29, 1.82) is 0 Å². The fraction of sp³-hybridized carbons (Fsp3) is 0.938. The minimum absolute atomic E-state index is 0.0819. The molecule has 1 N–H and O–H groups in total. The summed E-state index contributed by atoms with van der Waals surface area (Å²) in [5, 5.41) is 9.34. The van der Waals surface area contributed by atoms with Gasteiger partial charge in [0.25, 0.3) is 0 Å². The standard InChI is InChI=1S/C16H27NO2/c1-10(2)11-3-5-12(6-4-11)17-13-7-8-15(17)14(9-13)16(18)19/h10-15H,3-9H2,1-2H3,(H,18,19). The molecular formula is C16H27NO2. The van der Waals surface area contributed by atoms with Crippen molar-refractivity contribution in [2.75, 3.05) is 0 Å². The molecule has 2 saturated heterocycles. The summed E-state index contributed by atoms with van der Waals surface area (Å²) in [4.78, 5) is 14.0. The lowest BCUT2D eigenvalue weighted by Crippen LogP contribution is -2.43. The van der Waals surface area contributed by atoms with Gasteiger partial charge in [0.05, 0.1) is 5.92 Å². The summed E-state index contributed by atoms with van der Waals surface area (Å²) >= 11 is 0. The Morgan fingerprint density at radius 1 is 1.05 bits per heavy atom. The first-order chi connectivity index (χ1) is 9.08. The largest absolute Gasteiger partial charge is 0.481 e. The third-order valence-electron chi connectivity index (χ3n) is 6.01. The zero-order chi connectivity index (χ0) is 13.6. The predicted molar refractivity (Wildman–Crippen MR) is 75.0 cm³/mol. The van der Waals surface area contributed by atoms with Crippen LogP contribution >= 0.6 is 0 Å². The van der Waals surface area contributed by atoms with E-state index in [9.17, 15) is 9.90 Å². The molecule has 3 heteroatoms. The van der Waals surface area contributed by atoms with E-state index in [4.69, 9.17) is 0 Å². The quantitative estimate of drug-likeness (QED) is 0.852. The Balaban J connectivity index is 1.63. The SMILES string of the molecule is CC(C)C1CCC(N2C3CCC2C(C(=O)O)C3)CC1. The van der Waals surface area contributed by atoms with Crippen LogP contribution in [0.5, 0.6) is 0 Å². The number of hydrogen-bond acceptors (Lipinski definition) is 2. The van der Waals surface area contributed by atoms with Crippen LogP contribution < -0.4 is 0 Å². The lowest BCUT2D eigenvalue weighted by molar-refractivity contribution is -0.142. The Morgan fingerprint density at radius 2 is 1.68 bits per heavy atom. The topological polar surface area (TPSA) is 40.5 Å². The Morgan fingerprint density at radius 3 is 2.21 bits per heavy atom. The van der Waals surface area contributed by atoms with Gasteiger partial charge in [0, 0.05) is 18.1 Å². The summed E-state index contributed by atoms with van der Waals surface area (Å²) < 4.78 is 0. The van der Waals surface area contributed by atoms with E-state index in [2.05, 4.69) is 18.7 Å². The summed E-state index contributed by atoms with van der Waals surface area (Å²) in [6.07, 6.45) is 8.53. The molecule has 3 fully saturated rings. The molecule has 3 atom stereocenters. The monoisotopic (exact) mass is 265 g/mol. The molecule has 0 amide bonds. The van der Waals surface area contributed by atoms with Crippen LogP contribution in [-0.4, -0.2) is 34.1 Å². The highest BCUT2D eigenvalue weighted by Crippen LogP contribution is 2.46. The number of carboxylic acids is 1. The van der Waals surface area contributed by atoms with Crippen molar-refractivity contribution in [2.45, 2.75) is 76.9 Å². The van der Waals surface area contributed by atoms with E-state index in [1.54, 1.807) is 0 Å². The summed E-state index contributed by atoms with van der Waals surface area (Å²) in [6.45, 7) is 4.68. The molecule has 2 aliphatic heterocycles. The maximum Gasteiger partial charge on any atom is 0.308 e. The van der Waals surface area contributed by atoms with Crippen LogP contribution in [0.2, 0.25) is 0 Å². The van der Waals surface area contributed by atoms with Gasteiger partial charge >= 0.3 is 5.97 Å². The van der Waals surface area contributed by atoms with Crippen molar-refractivity contribution in [3.05, 3.63) is 0 Å². The van der Waals surface area contributed by atoms with E-state index in [1.807, 2.05) is 0 Å². The van der Waals surface area contributed by atoms with Crippen molar-refractivity contribution in [3.8, 4) is 0 Å². The average Bonchev–Trinajstić information content (AvgIpc) is 2.96. The van der Waals surface area contributed by atoms with Crippen molar-refractivity contribution in [1.82, 2.24) is 4.90 Å². The molecule has 2 heterocycles. The molecule has 2 bridgehead atoms. The van der Waals surface area contributed by atoms with Gasteiger partial charge in [0.1, 0.15) is 0 Å². The molecule has 108 valence electrons. The highest BCUT2D eigenvalue weighted by Gasteiger charge is 2.51. The summed E-state index contributed by atoms with van der Waals surface area (Å²) in [5.41, 5.74) is 0. The van der Waals surface area contributed by atoms with Gasteiger partial charge in [-0.25, -0.2) is 0 Å². The number of nitrogens with zero attached hydrogens (tertiary/aromatic N) is 1. The van der Waals surface area contributed by atoms with E-state index >= 15 is 0 Å². The first-order valence-electron chi connectivity index (χ1n) is 8.08. The zero-order valence-electron chi connectivity index (χ0n) is 12.2. The molecule has 3 aliphatic rings. The van der Waals surface area contributed by atoms with Gasteiger partial charge in [-0.15, -0.1) is 0 Å². The second-order valence-corrected chi connectivity index (χ2v) is 7.24. The Kier molecular flexibility index (Phi) is 3.59. The molecular weight excluding hydrogens is 238 g/mol. The Labute approximate surface area is 116 Å². The van der Waals surface area contributed by atoms with Gasteiger partial charge in [-0.05, 0) is 56.8 Å². The van der Waals surface area contributed by atoms with Gasteiger partial charge in [0.2, 0.25) is 0 Å². The average molecular weight is 265 g/mol. The molecule has 0 radical (unpaired) electrons. The van der Waals surface area contributed by atoms with Gasteiger partial charge < -0.3 is 5.11 Å². The van der Waals surface area contributed by atoms with Crippen LogP contribution in [0.15, 0.2) is 0 Å². The lowest BCUT2D eigenvalue weighted by Gasteiger charge is -2.38. The normalized spacial score (nSPS) is 43.0. The van der Waals surface area contributed by atoms with Gasteiger partial charge in [-0.1, -0.05) is 13.8 Å². The van der Waals surface area contributed by atoms with E-state index in [1.165, 1.54) is 32.1 Å². The van der Waals surface area contributed by atoms with Gasteiger partial charge in [0.15, 0.2) is 0 Å². The number of carbonyl (C=O) groups is 1. The third kappa shape index (κ3) is 2.31. The summed E-state index contributed by atoms with van der Waals surface area (Å²) in [5.74, 6) is 1.06. The van der Waals surface area contributed by atoms with Crippen LogP contribution in [-0.2, 0) is 4.79 Å². The van der Waals surface area contributed by atoms with Crippen LogP contribution in [0.3, 0.4) is 0 Å². The highest BCUT2D eigenvalue weighted by molar-refractivity contribution is 5.71. The van der Waals surface area contributed by atoms with E-state index in [0.29, 0.717) is 18.1 Å². The fourth-order valence-corrected chi connectivity index (χ4v) is 4.93. The summed E-state index contributed by atoms with van der Waals surface area (Å²) in [6, 6.07) is 1.60. The maximum absolute atomic E-state index is 11.3. The third-order valence-corrected chi connectivity index (χ3v) is 6.01. The molecule has 3 rings (SSSR count). The number of carboxylic acid groups (broad SMARTS) is 1. The second-order valence-electron chi connectivity index (χ2n) is 7.24. The molecule has 3 nitrogen and oxygen atoms in total. The number of hydrogen-bond donors (Lipinski definition) is 1. The Bertz CT molecular complexity index is 347. The smallest absolute Gasteiger partial charge is 0.308 e. The van der Waals surface area contributed by atoms with Crippen LogP contribution in [0.25, 0.3) is 0 Å². The van der Waals surface area contributed by atoms with Crippen molar-refractivity contribution in [2.24, 2.45) is 17.8 Å². The number of fused-ring (bicyclic) bond motifs is 2. The van der Waals surface area contributed by atoms with Crippen molar-refractivity contribution in [3.63, 3.8) is 0 Å². The second kappa shape index (κ2) is 5.08. The first-order valence-corrected chi connectivity index (χ1v) is 8.08. The van der Waals surface area contributed by atoms with Crippen LogP contribution in [0, 0.1) is 17.8 Å². The van der Waals surface area contributed by atoms with E-state index in [-0.39, 0.29) is 5.92 Å². The van der Waals surface area contributed by atoms with E-state index < -0.39 is 5.97 Å². The minimum Gasteiger partial charge on any atom is -0.481 e. The number of rotatable bonds is 3. The molecule has 1 aliphatic carbocycles. The van der Waals surface area contributed by atoms with Crippen molar-refractivity contribution >= 4 is 5.97 Å². The molecule has 0 spiro atoms. The first kappa shape index (κ1) is 13.4. The molecule has 0 aromatic rings. The van der Waals surface area contributed by atoms with Crippen molar-refractivity contribution < 1.29 is 9.90 Å². The predicted octanol–water partition coefficient (Wildman–Crippen LogP) is 3.14. The summed E-state index contributed by atoms with van der Waals surface area (Å²) in [7, 11) is 0. The number of aliphatic carboxylic acids is 1. The molecule has 3 unspecified atom stereocenters. The molecule has 0 aromatic heterocycles. The highest BCUT2D eigenvalue weighted by atomic mass is 16.4. The molecule has 1 saturated carbocycles. The van der Waals surface area contributed by atoms with Gasteiger partial charge in [-0.3, -0.25) is 9.69 Å². The minimum atomic E-state index is -0.562. The maximum atomic E-state index is 11.3. The van der Waals surface area contributed by atoms with Crippen LogP contribution in [0.4, 0.5) is 0 Å². The van der Waals surface area contributed by atoms with Gasteiger partial charge in [-0.2, -0.15) is 0 Å². The fourth-order valence-electron chi connectivity index (χ4n) is 4.93. The lowest BCUT2D eigenvalue weighted by atomic mass is 9.79.